The summed E-state index contributed by atoms with van der Waals surface area (Å²) < 4.78 is 14.0. The number of halogens is 1. The standard InChI is InChI=1S/C13H20FN3O/c1-5-17(8-9(2)3)13(18)10-6-7-16-12(15-4)11(10)14/h6-7,9H,5,8H2,1-4H3,(H,15,16). The fraction of sp³-hybridized carbons (Fsp3) is 0.538. The summed E-state index contributed by atoms with van der Waals surface area (Å²) in [7, 11) is 1.57. The molecular formula is C13H20FN3O. The van der Waals surface area contributed by atoms with Crippen LogP contribution in [0, 0.1) is 11.7 Å². The SMILES string of the molecule is CCN(CC(C)C)C(=O)c1ccnc(NC)c1F. The minimum absolute atomic E-state index is 0.0665. The number of hydrogen-bond acceptors (Lipinski definition) is 3. The summed E-state index contributed by atoms with van der Waals surface area (Å²) in [5, 5.41) is 2.63. The fourth-order valence-electron chi connectivity index (χ4n) is 1.75. The molecule has 1 N–H and O–H groups in total. The maximum atomic E-state index is 14.0. The number of carbonyl (C=O) groups excluding carboxylic acids is 1. The molecule has 0 spiro atoms. The van der Waals surface area contributed by atoms with Crippen LogP contribution in [-0.4, -0.2) is 35.9 Å². The molecule has 0 aromatic carbocycles. The van der Waals surface area contributed by atoms with Crippen LogP contribution < -0.4 is 5.32 Å². The number of nitrogens with one attached hydrogen (secondary N) is 1. The quantitative estimate of drug-likeness (QED) is 0.876. The molecule has 18 heavy (non-hydrogen) atoms. The number of rotatable bonds is 5. The summed E-state index contributed by atoms with van der Waals surface area (Å²) in [6.07, 6.45) is 1.44. The maximum Gasteiger partial charge on any atom is 0.257 e. The fourth-order valence-corrected chi connectivity index (χ4v) is 1.75. The molecule has 0 unspecified atom stereocenters. The molecule has 0 radical (unpaired) electrons. The predicted octanol–water partition coefficient (Wildman–Crippen LogP) is 2.38. The van der Waals surface area contributed by atoms with E-state index in [1.165, 1.54) is 12.3 Å². The topological polar surface area (TPSA) is 45.2 Å². The van der Waals surface area contributed by atoms with E-state index in [1.54, 1.807) is 11.9 Å². The lowest BCUT2D eigenvalue weighted by atomic mass is 10.1. The van der Waals surface area contributed by atoms with Crippen LogP contribution in [0.25, 0.3) is 0 Å². The van der Waals surface area contributed by atoms with E-state index in [4.69, 9.17) is 0 Å². The van der Waals surface area contributed by atoms with Gasteiger partial charge in [-0.15, -0.1) is 0 Å². The molecule has 4 nitrogen and oxygen atoms in total. The van der Waals surface area contributed by atoms with E-state index in [0.717, 1.165) is 0 Å². The molecule has 0 fully saturated rings. The molecule has 1 amide bonds. The van der Waals surface area contributed by atoms with Gasteiger partial charge in [-0.3, -0.25) is 4.79 Å². The minimum Gasteiger partial charge on any atom is -0.371 e. The predicted molar refractivity (Wildman–Crippen MR) is 70.2 cm³/mol. The van der Waals surface area contributed by atoms with Gasteiger partial charge in [0.15, 0.2) is 11.6 Å². The molecule has 0 atom stereocenters. The third kappa shape index (κ3) is 3.18. The molecule has 1 heterocycles. The van der Waals surface area contributed by atoms with Crippen LogP contribution in [0.15, 0.2) is 12.3 Å². The van der Waals surface area contributed by atoms with Crippen molar-refractivity contribution >= 4 is 11.7 Å². The van der Waals surface area contributed by atoms with Gasteiger partial charge in [0.05, 0.1) is 5.56 Å². The van der Waals surface area contributed by atoms with Gasteiger partial charge in [0.25, 0.3) is 5.91 Å². The normalized spacial score (nSPS) is 10.6. The smallest absolute Gasteiger partial charge is 0.257 e. The Morgan fingerprint density at radius 2 is 2.22 bits per heavy atom. The number of aromatic nitrogens is 1. The van der Waals surface area contributed by atoms with Crippen molar-refractivity contribution in [2.45, 2.75) is 20.8 Å². The highest BCUT2D eigenvalue weighted by Crippen LogP contribution is 2.17. The molecule has 100 valence electrons. The van der Waals surface area contributed by atoms with Crippen molar-refractivity contribution in [1.29, 1.82) is 0 Å². The van der Waals surface area contributed by atoms with Gasteiger partial charge in [0, 0.05) is 26.3 Å². The Kier molecular flexibility index (Phi) is 5.07. The van der Waals surface area contributed by atoms with Crippen molar-refractivity contribution in [2.75, 3.05) is 25.5 Å². The first-order valence-corrected chi connectivity index (χ1v) is 6.12. The number of amides is 1. The van der Waals surface area contributed by atoms with E-state index in [1.807, 2.05) is 20.8 Å². The van der Waals surface area contributed by atoms with Crippen molar-refractivity contribution in [3.05, 3.63) is 23.6 Å². The first-order chi connectivity index (χ1) is 8.51. The summed E-state index contributed by atoms with van der Waals surface area (Å²) in [4.78, 5) is 17.7. The zero-order valence-electron chi connectivity index (χ0n) is 11.3. The molecule has 0 bridgehead atoms. The van der Waals surface area contributed by atoms with Crippen LogP contribution in [0.4, 0.5) is 10.2 Å². The lowest BCUT2D eigenvalue weighted by molar-refractivity contribution is 0.0741. The molecule has 1 rings (SSSR count). The summed E-state index contributed by atoms with van der Waals surface area (Å²) in [5.41, 5.74) is 0.0665. The van der Waals surface area contributed by atoms with E-state index in [2.05, 4.69) is 10.3 Å². The Balaban J connectivity index is 3.02. The van der Waals surface area contributed by atoms with E-state index in [-0.39, 0.29) is 17.3 Å². The number of pyridine rings is 1. The van der Waals surface area contributed by atoms with Gasteiger partial charge < -0.3 is 10.2 Å². The minimum atomic E-state index is -0.591. The Bertz CT molecular complexity index is 421. The van der Waals surface area contributed by atoms with E-state index < -0.39 is 5.82 Å². The highest BCUT2D eigenvalue weighted by Gasteiger charge is 2.20. The zero-order chi connectivity index (χ0) is 13.7. The Morgan fingerprint density at radius 1 is 1.56 bits per heavy atom. The van der Waals surface area contributed by atoms with E-state index in [9.17, 15) is 9.18 Å². The van der Waals surface area contributed by atoms with Gasteiger partial charge in [0.2, 0.25) is 0 Å². The third-order valence-corrected chi connectivity index (χ3v) is 2.61. The first-order valence-electron chi connectivity index (χ1n) is 6.12. The molecule has 0 aliphatic rings. The molecule has 5 heteroatoms. The molecule has 0 aliphatic heterocycles. The van der Waals surface area contributed by atoms with E-state index >= 15 is 0 Å². The molecule has 0 aliphatic carbocycles. The van der Waals surface area contributed by atoms with Gasteiger partial charge in [-0.05, 0) is 18.9 Å². The molecule has 1 aromatic heterocycles. The second-order valence-corrected chi connectivity index (χ2v) is 4.51. The third-order valence-electron chi connectivity index (χ3n) is 2.61. The highest BCUT2D eigenvalue weighted by molar-refractivity contribution is 5.95. The monoisotopic (exact) mass is 253 g/mol. The van der Waals surface area contributed by atoms with Crippen molar-refractivity contribution in [3.63, 3.8) is 0 Å². The van der Waals surface area contributed by atoms with Gasteiger partial charge in [0.1, 0.15) is 0 Å². The van der Waals surface area contributed by atoms with Crippen LogP contribution >= 0.6 is 0 Å². The lowest BCUT2D eigenvalue weighted by Gasteiger charge is -2.23. The van der Waals surface area contributed by atoms with Crippen molar-refractivity contribution in [1.82, 2.24) is 9.88 Å². The van der Waals surface area contributed by atoms with E-state index in [0.29, 0.717) is 19.0 Å². The second-order valence-electron chi connectivity index (χ2n) is 4.51. The maximum absolute atomic E-state index is 14.0. The summed E-state index contributed by atoms with van der Waals surface area (Å²) in [6.45, 7) is 7.12. The number of nitrogens with zero attached hydrogens (tertiary/aromatic N) is 2. The summed E-state index contributed by atoms with van der Waals surface area (Å²) in [5.74, 6) is -0.432. The largest absolute Gasteiger partial charge is 0.371 e. The van der Waals surface area contributed by atoms with Gasteiger partial charge >= 0.3 is 0 Å². The van der Waals surface area contributed by atoms with Crippen molar-refractivity contribution in [2.24, 2.45) is 5.92 Å². The summed E-state index contributed by atoms with van der Waals surface area (Å²) in [6, 6.07) is 1.42. The van der Waals surface area contributed by atoms with Crippen molar-refractivity contribution in [3.8, 4) is 0 Å². The molecule has 0 saturated carbocycles. The van der Waals surface area contributed by atoms with Crippen molar-refractivity contribution < 1.29 is 9.18 Å². The molecule has 0 saturated heterocycles. The van der Waals surface area contributed by atoms with Gasteiger partial charge in [-0.1, -0.05) is 13.8 Å². The van der Waals surface area contributed by atoms with Crippen LogP contribution in [0.2, 0.25) is 0 Å². The van der Waals surface area contributed by atoms with Gasteiger partial charge in [-0.2, -0.15) is 0 Å². The Hall–Kier alpha value is -1.65. The zero-order valence-corrected chi connectivity index (χ0v) is 11.3. The molecule has 1 aromatic rings. The number of hydrogen-bond donors (Lipinski definition) is 1. The van der Waals surface area contributed by atoms with Crippen LogP contribution in [0.3, 0.4) is 0 Å². The average Bonchev–Trinajstić information content (AvgIpc) is 2.35. The lowest BCUT2D eigenvalue weighted by Crippen LogP contribution is -2.34. The Labute approximate surface area is 107 Å². The first kappa shape index (κ1) is 14.4. The number of carbonyl (C=O) groups is 1. The molecular weight excluding hydrogens is 233 g/mol. The van der Waals surface area contributed by atoms with Gasteiger partial charge in [-0.25, -0.2) is 9.37 Å². The summed E-state index contributed by atoms with van der Waals surface area (Å²) >= 11 is 0. The second kappa shape index (κ2) is 6.33. The average molecular weight is 253 g/mol. The van der Waals surface area contributed by atoms with Crippen LogP contribution in [-0.2, 0) is 0 Å². The highest BCUT2D eigenvalue weighted by atomic mass is 19.1. The van der Waals surface area contributed by atoms with Crippen LogP contribution in [0.5, 0.6) is 0 Å². The Morgan fingerprint density at radius 3 is 2.72 bits per heavy atom. The van der Waals surface area contributed by atoms with Crippen LogP contribution in [0.1, 0.15) is 31.1 Å². The number of anilines is 1.